The molecule has 0 aliphatic heterocycles. The summed E-state index contributed by atoms with van der Waals surface area (Å²) in [6.45, 7) is 1.96. The Labute approximate surface area is 161 Å². The van der Waals surface area contributed by atoms with Crippen molar-refractivity contribution in [2.75, 3.05) is 4.72 Å². The molecule has 0 atom stereocenters. The number of carbonyl (C=O) groups excluding carboxylic acids is 1. The highest BCUT2D eigenvalue weighted by atomic mass is 32.2. The molecule has 1 aromatic heterocycles. The van der Waals surface area contributed by atoms with Gasteiger partial charge in [0.05, 0.1) is 17.5 Å². The van der Waals surface area contributed by atoms with Crippen molar-refractivity contribution in [2.45, 2.75) is 11.1 Å². The first-order chi connectivity index (χ1) is 13.0. The summed E-state index contributed by atoms with van der Waals surface area (Å²) < 4.78 is 27.4. The van der Waals surface area contributed by atoms with Gasteiger partial charge < -0.3 is 0 Å². The summed E-state index contributed by atoms with van der Waals surface area (Å²) in [5.74, 6) is -0.511. The van der Waals surface area contributed by atoms with Gasteiger partial charge in [0.1, 0.15) is 4.21 Å². The fraction of sp³-hybridized carbons (Fsp3) is 0.0526. The van der Waals surface area contributed by atoms with Crippen molar-refractivity contribution in [2.24, 2.45) is 5.10 Å². The minimum absolute atomic E-state index is 0.176. The van der Waals surface area contributed by atoms with Crippen molar-refractivity contribution in [3.05, 3.63) is 82.7 Å². The lowest BCUT2D eigenvalue weighted by Crippen LogP contribution is -2.21. The Balaban J connectivity index is 1.76. The van der Waals surface area contributed by atoms with E-state index in [4.69, 9.17) is 0 Å². The van der Waals surface area contributed by atoms with Crippen molar-refractivity contribution in [1.82, 2.24) is 5.43 Å². The molecule has 2 N–H and O–H groups in total. The first-order valence-corrected chi connectivity index (χ1v) is 10.4. The Hall–Kier alpha value is -2.97. The quantitative estimate of drug-likeness (QED) is 0.490. The van der Waals surface area contributed by atoms with Crippen LogP contribution in [0.4, 0.5) is 5.69 Å². The highest BCUT2D eigenvalue weighted by Crippen LogP contribution is 2.22. The number of sulfonamides is 1. The van der Waals surface area contributed by atoms with Gasteiger partial charge in [-0.15, -0.1) is 11.3 Å². The number of para-hydroxylation sites is 1. The molecule has 0 saturated carbocycles. The summed E-state index contributed by atoms with van der Waals surface area (Å²) >= 11 is 1.10. The average molecular weight is 399 g/mol. The SMILES string of the molecule is Cc1cccc(/C=N\NC(=O)c2ccccc2NS(=O)(=O)c2cccs2)c1. The summed E-state index contributed by atoms with van der Waals surface area (Å²) in [5, 5.41) is 5.62. The number of benzene rings is 2. The Morgan fingerprint density at radius 2 is 1.89 bits per heavy atom. The molecule has 0 unspecified atom stereocenters. The Kier molecular flexibility index (Phi) is 5.68. The van der Waals surface area contributed by atoms with Gasteiger partial charge in [0.25, 0.3) is 15.9 Å². The zero-order valence-electron chi connectivity index (χ0n) is 14.4. The lowest BCUT2D eigenvalue weighted by atomic mass is 10.1. The first-order valence-electron chi connectivity index (χ1n) is 8.01. The van der Waals surface area contributed by atoms with Gasteiger partial charge >= 0.3 is 0 Å². The van der Waals surface area contributed by atoms with Crippen LogP contribution in [0.1, 0.15) is 21.5 Å². The monoisotopic (exact) mass is 399 g/mol. The van der Waals surface area contributed by atoms with E-state index in [2.05, 4.69) is 15.2 Å². The van der Waals surface area contributed by atoms with Crippen LogP contribution in [0.5, 0.6) is 0 Å². The van der Waals surface area contributed by atoms with Crippen LogP contribution in [0.3, 0.4) is 0 Å². The van der Waals surface area contributed by atoms with Gasteiger partial charge in [-0.05, 0) is 36.1 Å². The van der Waals surface area contributed by atoms with Crippen molar-refractivity contribution < 1.29 is 13.2 Å². The number of nitrogens with one attached hydrogen (secondary N) is 2. The minimum Gasteiger partial charge on any atom is -0.278 e. The molecule has 8 heteroatoms. The lowest BCUT2D eigenvalue weighted by Gasteiger charge is -2.10. The van der Waals surface area contributed by atoms with Gasteiger partial charge in [0.15, 0.2) is 0 Å². The van der Waals surface area contributed by atoms with Crippen LogP contribution in [0.2, 0.25) is 0 Å². The molecule has 3 rings (SSSR count). The van der Waals surface area contributed by atoms with E-state index in [9.17, 15) is 13.2 Å². The van der Waals surface area contributed by atoms with E-state index in [1.807, 2.05) is 31.2 Å². The molecule has 0 saturated heterocycles. The van der Waals surface area contributed by atoms with E-state index in [1.165, 1.54) is 24.4 Å². The van der Waals surface area contributed by atoms with E-state index >= 15 is 0 Å². The second-order valence-corrected chi connectivity index (χ2v) is 8.55. The van der Waals surface area contributed by atoms with E-state index in [0.717, 1.165) is 22.5 Å². The molecule has 0 bridgehead atoms. The summed E-state index contributed by atoms with van der Waals surface area (Å²) in [4.78, 5) is 12.4. The van der Waals surface area contributed by atoms with E-state index in [0.29, 0.717) is 0 Å². The van der Waals surface area contributed by atoms with Crippen LogP contribution in [0, 0.1) is 6.92 Å². The number of hydrogen-bond donors (Lipinski definition) is 2. The molecule has 0 spiro atoms. The summed E-state index contributed by atoms with van der Waals surface area (Å²) in [7, 11) is -3.74. The third-order valence-corrected chi connectivity index (χ3v) is 6.36. The summed E-state index contributed by atoms with van der Waals surface area (Å²) in [5.41, 5.74) is 4.73. The number of thiophene rings is 1. The number of carbonyl (C=O) groups is 1. The molecule has 0 fully saturated rings. The van der Waals surface area contributed by atoms with Crippen LogP contribution in [0.15, 0.2) is 75.4 Å². The molecule has 0 aliphatic carbocycles. The largest absolute Gasteiger partial charge is 0.278 e. The van der Waals surface area contributed by atoms with Crippen LogP contribution < -0.4 is 10.1 Å². The highest BCUT2D eigenvalue weighted by Gasteiger charge is 2.19. The second-order valence-electron chi connectivity index (χ2n) is 5.70. The third-order valence-electron chi connectivity index (χ3n) is 3.60. The maximum absolute atomic E-state index is 12.4. The molecule has 2 aromatic carbocycles. The van der Waals surface area contributed by atoms with Gasteiger partial charge in [0, 0.05) is 0 Å². The smallest absolute Gasteiger partial charge is 0.273 e. The molecule has 27 heavy (non-hydrogen) atoms. The van der Waals surface area contributed by atoms with Crippen LogP contribution in [-0.4, -0.2) is 20.5 Å². The fourth-order valence-electron chi connectivity index (χ4n) is 2.36. The topological polar surface area (TPSA) is 87.6 Å². The first kappa shape index (κ1) is 18.8. The molecule has 1 heterocycles. The third kappa shape index (κ3) is 4.81. The van der Waals surface area contributed by atoms with E-state index in [-0.39, 0.29) is 15.5 Å². The maximum atomic E-state index is 12.4. The fourth-order valence-corrected chi connectivity index (χ4v) is 4.43. The Morgan fingerprint density at radius 3 is 2.63 bits per heavy atom. The van der Waals surface area contributed by atoms with Crippen molar-refractivity contribution >= 4 is 39.2 Å². The van der Waals surface area contributed by atoms with Crippen molar-refractivity contribution in [1.29, 1.82) is 0 Å². The van der Waals surface area contributed by atoms with Gasteiger partial charge in [0.2, 0.25) is 0 Å². The number of amides is 1. The number of rotatable bonds is 6. The zero-order chi connectivity index (χ0) is 19.3. The van der Waals surface area contributed by atoms with Crippen LogP contribution in [-0.2, 0) is 10.0 Å². The molecule has 3 aromatic rings. The standard InChI is InChI=1S/C19H17N3O3S2/c1-14-6-4-7-15(12-14)13-20-21-19(23)16-8-2-3-9-17(16)22-27(24,25)18-10-5-11-26-18/h2-13,22H,1H3,(H,21,23)/b20-13-. The predicted molar refractivity (Wildman–Crippen MR) is 108 cm³/mol. The number of hydrazone groups is 1. The lowest BCUT2D eigenvalue weighted by molar-refractivity contribution is 0.0956. The van der Waals surface area contributed by atoms with E-state index in [1.54, 1.807) is 23.6 Å². The average Bonchev–Trinajstić information content (AvgIpc) is 3.17. The molecular weight excluding hydrogens is 382 g/mol. The summed E-state index contributed by atoms with van der Waals surface area (Å²) in [6.07, 6.45) is 1.53. The van der Waals surface area contributed by atoms with Gasteiger partial charge in [-0.3, -0.25) is 9.52 Å². The molecule has 138 valence electrons. The highest BCUT2D eigenvalue weighted by molar-refractivity contribution is 7.94. The molecule has 1 amide bonds. The van der Waals surface area contributed by atoms with Crippen LogP contribution >= 0.6 is 11.3 Å². The molecular formula is C19H17N3O3S2. The normalized spacial score (nSPS) is 11.4. The minimum atomic E-state index is -3.74. The maximum Gasteiger partial charge on any atom is 0.273 e. The Morgan fingerprint density at radius 1 is 1.07 bits per heavy atom. The van der Waals surface area contributed by atoms with Gasteiger partial charge in [-0.2, -0.15) is 5.10 Å². The van der Waals surface area contributed by atoms with E-state index < -0.39 is 15.9 Å². The van der Waals surface area contributed by atoms with Gasteiger partial charge in [-0.1, -0.05) is 48.0 Å². The zero-order valence-corrected chi connectivity index (χ0v) is 16.0. The number of nitrogens with zero attached hydrogens (tertiary/aromatic N) is 1. The van der Waals surface area contributed by atoms with Crippen LogP contribution in [0.25, 0.3) is 0 Å². The second kappa shape index (κ2) is 8.15. The predicted octanol–water partition coefficient (Wildman–Crippen LogP) is 3.62. The number of anilines is 1. The molecule has 6 nitrogen and oxygen atoms in total. The van der Waals surface area contributed by atoms with Crippen molar-refractivity contribution in [3.8, 4) is 0 Å². The molecule has 0 aliphatic rings. The number of hydrogen-bond acceptors (Lipinski definition) is 5. The van der Waals surface area contributed by atoms with Gasteiger partial charge in [-0.25, -0.2) is 13.8 Å². The summed E-state index contributed by atoms with van der Waals surface area (Å²) in [6, 6.07) is 17.2. The number of aryl methyl sites for hydroxylation is 1. The van der Waals surface area contributed by atoms with Crippen molar-refractivity contribution in [3.63, 3.8) is 0 Å². The molecule has 0 radical (unpaired) electrons. The Bertz CT molecular complexity index is 1080.